The molecule has 16 heavy (non-hydrogen) atoms. The normalized spacial score (nSPS) is 27.6. The van der Waals surface area contributed by atoms with Crippen molar-refractivity contribution in [1.29, 1.82) is 0 Å². The highest BCUT2D eigenvalue weighted by molar-refractivity contribution is 5.81. The van der Waals surface area contributed by atoms with E-state index in [4.69, 9.17) is 9.47 Å². The van der Waals surface area contributed by atoms with Crippen LogP contribution < -0.4 is 0 Å². The number of carbonyl (C=O) groups is 1. The van der Waals surface area contributed by atoms with Gasteiger partial charge in [-0.05, 0) is 20.8 Å². The van der Waals surface area contributed by atoms with Crippen molar-refractivity contribution in [3.8, 4) is 0 Å². The fourth-order valence-corrected chi connectivity index (χ4v) is 1.93. The average molecular weight is 227 g/mol. The van der Waals surface area contributed by atoms with Crippen molar-refractivity contribution in [1.82, 2.24) is 4.90 Å². The first-order valence-corrected chi connectivity index (χ1v) is 5.70. The molecule has 0 bridgehead atoms. The van der Waals surface area contributed by atoms with Crippen LogP contribution in [0.5, 0.6) is 0 Å². The number of hydrogen-bond donors (Lipinski definition) is 0. The van der Waals surface area contributed by atoms with E-state index in [1.54, 1.807) is 13.0 Å². The summed E-state index contributed by atoms with van der Waals surface area (Å²) in [4.78, 5) is 14.0. The molecule has 0 aromatic heterocycles. The SMILES string of the molecule is C=CCO[C@H](C)C(=O)N1[C@H](C)COC[C@H]1C. The molecule has 0 saturated carbocycles. The van der Waals surface area contributed by atoms with Gasteiger partial charge in [-0.15, -0.1) is 6.58 Å². The van der Waals surface area contributed by atoms with Crippen LogP contribution in [0, 0.1) is 0 Å². The summed E-state index contributed by atoms with van der Waals surface area (Å²) in [6.45, 7) is 10.9. The summed E-state index contributed by atoms with van der Waals surface area (Å²) < 4.78 is 10.7. The van der Waals surface area contributed by atoms with E-state index >= 15 is 0 Å². The predicted molar refractivity (Wildman–Crippen MR) is 62.2 cm³/mol. The van der Waals surface area contributed by atoms with Gasteiger partial charge in [0, 0.05) is 0 Å². The molecule has 0 aromatic carbocycles. The van der Waals surface area contributed by atoms with Gasteiger partial charge in [0.2, 0.25) is 0 Å². The Balaban J connectivity index is 2.59. The van der Waals surface area contributed by atoms with Gasteiger partial charge < -0.3 is 14.4 Å². The second kappa shape index (κ2) is 6.01. The first kappa shape index (κ1) is 13.2. The molecule has 0 N–H and O–H groups in total. The Morgan fingerprint density at radius 2 is 2.12 bits per heavy atom. The minimum absolute atomic E-state index is 0.0325. The summed E-state index contributed by atoms with van der Waals surface area (Å²) in [7, 11) is 0. The van der Waals surface area contributed by atoms with E-state index in [1.807, 2.05) is 18.7 Å². The number of nitrogens with zero attached hydrogens (tertiary/aromatic N) is 1. The van der Waals surface area contributed by atoms with Gasteiger partial charge in [-0.2, -0.15) is 0 Å². The highest BCUT2D eigenvalue weighted by atomic mass is 16.5. The van der Waals surface area contributed by atoms with Gasteiger partial charge in [-0.1, -0.05) is 6.08 Å². The summed E-state index contributed by atoms with van der Waals surface area (Å²) >= 11 is 0. The Bertz CT molecular complexity index is 245. The zero-order chi connectivity index (χ0) is 12.1. The average Bonchev–Trinajstić information content (AvgIpc) is 2.25. The molecule has 4 heteroatoms. The fraction of sp³-hybridized carbons (Fsp3) is 0.750. The second-order valence-corrected chi connectivity index (χ2v) is 4.25. The first-order valence-electron chi connectivity index (χ1n) is 5.70. The number of hydrogen-bond acceptors (Lipinski definition) is 3. The van der Waals surface area contributed by atoms with Crippen molar-refractivity contribution in [3.63, 3.8) is 0 Å². The lowest BCUT2D eigenvalue weighted by Gasteiger charge is -2.40. The van der Waals surface area contributed by atoms with Crippen molar-refractivity contribution < 1.29 is 14.3 Å². The smallest absolute Gasteiger partial charge is 0.252 e. The molecule has 1 heterocycles. The van der Waals surface area contributed by atoms with Crippen LogP contribution in [-0.2, 0) is 14.3 Å². The van der Waals surface area contributed by atoms with Gasteiger partial charge in [0.25, 0.3) is 5.91 Å². The van der Waals surface area contributed by atoms with Crippen LogP contribution in [0.2, 0.25) is 0 Å². The maximum Gasteiger partial charge on any atom is 0.252 e. The van der Waals surface area contributed by atoms with Gasteiger partial charge in [0.15, 0.2) is 0 Å². The molecule has 0 aromatic rings. The zero-order valence-electron chi connectivity index (χ0n) is 10.3. The molecule has 1 rings (SSSR count). The van der Waals surface area contributed by atoms with Crippen molar-refractivity contribution in [2.45, 2.75) is 39.0 Å². The fourth-order valence-electron chi connectivity index (χ4n) is 1.93. The van der Waals surface area contributed by atoms with E-state index in [-0.39, 0.29) is 18.0 Å². The summed E-state index contributed by atoms with van der Waals surface area (Å²) in [5.74, 6) is 0.0325. The van der Waals surface area contributed by atoms with Gasteiger partial charge >= 0.3 is 0 Å². The summed E-state index contributed by atoms with van der Waals surface area (Å²) in [5.41, 5.74) is 0. The van der Waals surface area contributed by atoms with Crippen molar-refractivity contribution in [2.75, 3.05) is 19.8 Å². The molecule has 4 nitrogen and oxygen atoms in total. The Hall–Kier alpha value is -0.870. The lowest BCUT2D eigenvalue weighted by Crippen LogP contribution is -2.55. The van der Waals surface area contributed by atoms with Gasteiger partial charge in [0.1, 0.15) is 6.10 Å². The Morgan fingerprint density at radius 3 is 2.62 bits per heavy atom. The molecule has 0 radical (unpaired) electrons. The van der Waals surface area contributed by atoms with Gasteiger partial charge in [0.05, 0.1) is 31.9 Å². The number of rotatable bonds is 4. The molecule has 1 saturated heterocycles. The molecule has 0 unspecified atom stereocenters. The van der Waals surface area contributed by atoms with Crippen LogP contribution in [0.3, 0.4) is 0 Å². The Morgan fingerprint density at radius 1 is 1.56 bits per heavy atom. The zero-order valence-corrected chi connectivity index (χ0v) is 10.3. The monoisotopic (exact) mass is 227 g/mol. The summed E-state index contributed by atoms with van der Waals surface area (Å²) in [6, 6.07) is 0.233. The topological polar surface area (TPSA) is 38.8 Å². The highest BCUT2D eigenvalue weighted by Gasteiger charge is 2.32. The maximum atomic E-state index is 12.1. The first-order chi connectivity index (χ1) is 7.57. The molecular weight excluding hydrogens is 206 g/mol. The molecule has 1 amide bonds. The molecule has 92 valence electrons. The Kier molecular flexibility index (Phi) is 4.96. The third-order valence-electron chi connectivity index (χ3n) is 2.73. The van der Waals surface area contributed by atoms with Crippen LogP contribution in [0.25, 0.3) is 0 Å². The van der Waals surface area contributed by atoms with E-state index in [0.29, 0.717) is 19.8 Å². The van der Waals surface area contributed by atoms with Crippen molar-refractivity contribution in [2.24, 2.45) is 0 Å². The van der Waals surface area contributed by atoms with E-state index in [9.17, 15) is 4.79 Å². The maximum absolute atomic E-state index is 12.1. The lowest BCUT2D eigenvalue weighted by molar-refractivity contribution is -0.154. The minimum atomic E-state index is -0.416. The molecule has 0 spiro atoms. The molecule has 1 aliphatic rings. The highest BCUT2D eigenvalue weighted by Crippen LogP contribution is 2.15. The number of morpholine rings is 1. The third-order valence-corrected chi connectivity index (χ3v) is 2.73. The number of amides is 1. The molecule has 0 aliphatic carbocycles. The third kappa shape index (κ3) is 3.06. The quantitative estimate of drug-likeness (QED) is 0.678. The van der Waals surface area contributed by atoms with Crippen molar-refractivity contribution >= 4 is 5.91 Å². The second-order valence-electron chi connectivity index (χ2n) is 4.25. The molecule has 1 aliphatic heterocycles. The minimum Gasteiger partial charge on any atom is -0.377 e. The van der Waals surface area contributed by atoms with Gasteiger partial charge in [-0.3, -0.25) is 4.79 Å². The van der Waals surface area contributed by atoms with Gasteiger partial charge in [-0.25, -0.2) is 0 Å². The Labute approximate surface area is 97.2 Å². The predicted octanol–water partition coefficient (Wildman–Crippen LogP) is 1.21. The van der Waals surface area contributed by atoms with E-state index < -0.39 is 6.10 Å². The standard InChI is InChI=1S/C12H21NO3/c1-5-6-16-11(4)12(14)13-9(2)7-15-8-10(13)3/h5,9-11H,1,6-8H2,2-4H3/t9-,10-,11-/m1/s1. The molecule has 1 fully saturated rings. The lowest BCUT2D eigenvalue weighted by atomic mass is 10.1. The summed E-state index contributed by atoms with van der Waals surface area (Å²) in [6.07, 6.45) is 1.23. The molecule has 3 atom stereocenters. The van der Waals surface area contributed by atoms with E-state index in [2.05, 4.69) is 6.58 Å². The van der Waals surface area contributed by atoms with E-state index in [1.165, 1.54) is 0 Å². The molecular formula is C12H21NO3. The van der Waals surface area contributed by atoms with Crippen LogP contribution >= 0.6 is 0 Å². The summed E-state index contributed by atoms with van der Waals surface area (Å²) in [5, 5.41) is 0. The van der Waals surface area contributed by atoms with Crippen LogP contribution in [0.1, 0.15) is 20.8 Å². The van der Waals surface area contributed by atoms with E-state index in [0.717, 1.165) is 0 Å². The van der Waals surface area contributed by atoms with Crippen LogP contribution in [0.4, 0.5) is 0 Å². The van der Waals surface area contributed by atoms with Crippen molar-refractivity contribution in [3.05, 3.63) is 12.7 Å². The van der Waals surface area contributed by atoms with Crippen LogP contribution in [0.15, 0.2) is 12.7 Å². The van der Waals surface area contributed by atoms with Crippen LogP contribution in [-0.4, -0.2) is 48.8 Å². The number of carbonyl (C=O) groups excluding carboxylic acids is 1. The largest absolute Gasteiger partial charge is 0.377 e. The number of ether oxygens (including phenoxy) is 2.